The van der Waals surface area contributed by atoms with Crippen molar-refractivity contribution in [3.8, 4) is 0 Å². The van der Waals surface area contributed by atoms with Gasteiger partial charge in [0.25, 0.3) is 0 Å². The molecule has 1 atom stereocenters. The first-order chi connectivity index (χ1) is 8.55. The second-order valence-corrected chi connectivity index (χ2v) is 5.44. The van der Waals surface area contributed by atoms with Crippen LogP contribution in [0.25, 0.3) is 0 Å². The summed E-state index contributed by atoms with van der Waals surface area (Å²) >= 11 is 0. The van der Waals surface area contributed by atoms with Crippen molar-refractivity contribution < 1.29 is 9.59 Å². The van der Waals surface area contributed by atoms with E-state index in [2.05, 4.69) is 10.2 Å². The summed E-state index contributed by atoms with van der Waals surface area (Å²) < 4.78 is 0. The number of piperazine rings is 1. The van der Waals surface area contributed by atoms with Gasteiger partial charge < -0.3 is 16.0 Å². The minimum atomic E-state index is -0.548. The molecule has 2 rings (SSSR count). The molecule has 3 N–H and O–H groups in total. The fraction of sp³-hybridized carbons (Fsp3) is 0.833. The molecule has 102 valence electrons. The third kappa shape index (κ3) is 2.64. The third-order valence-corrected chi connectivity index (χ3v) is 3.85. The van der Waals surface area contributed by atoms with E-state index in [1.807, 2.05) is 11.8 Å². The molecule has 0 aromatic carbocycles. The lowest BCUT2D eigenvalue weighted by Gasteiger charge is -2.38. The van der Waals surface area contributed by atoms with Crippen LogP contribution in [0.3, 0.4) is 0 Å². The van der Waals surface area contributed by atoms with Gasteiger partial charge in [-0.25, -0.2) is 0 Å². The summed E-state index contributed by atoms with van der Waals surface area (Å²) in [6, 6.07) is 0. The van der Waals surface area contributed by atoms with Gasteiger partial charge in [-0.3, -0.25) is 14.5 Å². The molecule has 0 bridgehead atoms. The van der Waals surface area contributed by atoms with E-state index in [1.165, 1.54) is 0 Å². The molecule has 18 heavy (non-hydrogen) atoms. The molecule has 0 saturated carbocycles. The van der Waals surface area contributed by atoms with Crippen molar-refractivity contribution in [1.29, 1.82) is 0 Å². The average Bonchev–Trinajstić information content (AvgIpc) is 2.71. The van der Waals surface area contributed by atoms with Gasteiger partial charge in [-0.2, -0.15) is 0 Å². The molecule has 2 saturated heterocycles. The van der Waals surface area contributed by atoms with E-state index >= 15 is 0 Å². The Bertz CT molecular complexity index is 339. The highest BCUT2D eigenvalue weighted by Gasteiger charge is 2.43. The summed E-state index contributed by atoms with van der Waals surface area (Å²) in [6.07, 6.45) is 0.314. The predicted molar refractivity (Wildman–Crippen MR) is 67.8 cm³/mol. The van der Waals surface area contributed by atoms with Gasteiger partial charge in [0.2, 0.25) is 11.8 Å². The van der Waals surface area contributed by atoms with E-state index in [1.54, 1.807) is 0 Å². The average molecular weight is 254 g/mol. The molecule has 0 aromatic heterocycles. The largest absolute Gasteiger partial charge is 0.355 e. The van der Waals surface area contributed by atoms with Crippen molar-refractivity contribution in [1.82, 2.24) is 15.1 Å². The summed E-state index contributed by atoms with van der Waals surface area (Å²) in [5.74, 6) is 0.0841. The zero-order chi connectivity index (χ0) is 13.2. The SMILES string of the molecule is CC1(C(=O)N2CCN(CCN)CC2)CNC(=O)C1. The standard InChI is InChI=1S/C12H22N4O2/c1-12(8-10(17)14-9-12)11(18)16-6-4-15(3-2-13)5-7-16/h2-9,13H2,1H3,(H,14,17). The molecule has 0 aliphatic carbocycles. The molecule has 2 aliphatic rings. The zero-order valence-electron chi connectivity index (χ0n) is 10.9. The Kier molecular flexibility index (Phi) is 3.87. The van der Waals surface area contributed by atoms with Crippen LogP contribution in [0.4, 0.5) is 0 Å². The number of nitrogens with one attached hydrogen (secondary N) is 1. The molecule has 2 heterocycles. The van der Waals surface area contributed by atoms with Crippen molar-refractivity contribution in [2.45, 2.75) is 13.3 Å². The van der Waals surface area contributed by atoms with Crippen LogP contribution in [-0.2, 0) is 9.59 Å². The highest BCUT2D eigenvalue weighted by molar-refractivity contribution is 5.92. The number of nitrogens with zero attached hydrogens (tertiary/aromatic N) is 2. The summed E-state index contributed by atoms with van der Waals surface area (Å²) in [5, 5.41) is 2.75. The van der Waals surface area contributed by atoms with Crippen molar-refractivity contribution >= 4 is 11.8 Å². The van der Waals surface area contributed by atoms with Crippen LogP contribution in [0, 0.1) is 5.41 Å². The van der Waals surface area contributed by atoms with Crippen LogP contribution in [-0.4, -0.2) is 67.4 Å². The Morgan fingerprint density at radius 1 is 1.39 bits per heavy atom. The molecule has 0 radical (unpaired) electrons. The maximum Gasteiger partial charge on any atom is 0.230 e. The van der Waals surface area contributed by atoms with E-state index in [-0.39, 0.29) is 11.8 Å². The number of carbonyl (C=O) groups is 2. The Balaban J connectivity index is 1.89. The minimum absolute atomic E-state index is 0.0207. The maximum atomic E-state index is 12.4. The number of rotatable bonds is 3. The summed E-state index contributed by atoms with van der Waals surface area (Å²) in [6.45, 7) is 7.11. The van der Waals surface area contributed by atoms with Crippen LogP contribution in [0.1, 0.15) is 13.3 Å². The number of hydrogen-bond acceptors (Lipinski definition) is 4. The number of hydrogen-bond donors (Lipinski definition) is 2. The molecular formula is C12H22N4O2. The minimum Gasteiger partial charge on any atom is -0.355 e. The summed E-state index contributed by atoms with van der Waals surface area (Å²) in [5.41, 5.74) is 4.97. The Morgan fingerprint density at radius 3 is 2.56 bits per heavy atom. The quantitative estimate of drug-likeness (QED) is 0.650. The fourth-order valence-corrected chi connectivity index (χ4v) is 2.66. The maximum absolute atomic E-state index is 12.4. The second kappa shape index (κ2) is 5.24. The zero-order valence-corrected chi connectivity index (χ0v) is 10.9. The summed E-state index contributed by atoms with van der Waals surface area (Å²) in [4.78, 5) is 27.9. The molecule has 6 heteroatoms. The first kappa shape index (κ1) is 13.3. The molecule has 2 aliphatic heterocycles. The first-order valence-corrected chi connectivity index (χ1v) is 6.54. The fourth-order valence-electron chi connectivity index (χ4n) is 2.66. The summed E-state index contributed by atoms with van der Waals surface area (Å²) in [7, 11) is 0. The van der Waals surface area contributed by atoms with E-state index in [0.717, 1.165) is 32.7 Å². The molecule has 0 aromatic rings. The highest BCUT2D eigenvalue weighted by Crippen LogP contribution is 2.28. The molecular weight excluding hydrogens is 232 g/mol. The van der Waals surface area contributed by atoms with Gasteiger partial charge in [0.05, 0.1) is 5.41 Å². The van der Waals surface area contributed by atoms with E-state index < -0.39 is 5.41 Å². The number of amides is 2. The lowest BCUT2D eigenvalue weighted by atomic mass is 9.87. The van der Waals surface area contributed by atoms with Gasteiger partial charge in [0, 0.05) is 52.2 Å². The smallest absolute Gasteiger partial charge is 0.230 e. The highest BCUT2D eigenvalue weighted by atomic mass is 16.2. The van der Waals surface area contributed by atoms with Gasteiger partial charge in [0.1, 0.15) is 0 Å². The van der Waals surface area contributed by atoms with Crippen LogP contribution in [0.2, 0.25) is 0 Å². The molecule has 0 spiro atoms. The second-order valence-electron chi connectivity index (χ2n) is 5.44. The normalized spacial score (nSPS) is 29.4. The van der Waals surface area contributed by atoms with Gasteiger partial charge in [-0.15, -0.1) is 0 Å². The van der Waals surface area contributed by atoms with Crippen molar-refractivity contribution in [2.75, 3.05) is 45.8 Å². The van der Waals surface area contributed by atoms with Crippen LogP contribution < -0.4 is 11.1 Å². The van der Waals surface area contributed by atoms with E-state index in [0.29, 0.717) is 19.5 Å². The molecule has 1 unspecified atom stereocenters. The number of carbonyl (C=O) groups excluding carboxylic acids is 2. The van der Waals surface area contributed by atoms with Crippen LogP contribution >= 0.6 is 0 Å². The molecule has 2 fully saturated rings. The monoisotopic (exact) mass is 254 g/mol. The van der Waals surface area contributed by atoms with Gasteiger partial charge >= 0.3 is 0 Å². The van der Waals surface area contributed by atoms with Crippen molar-refractivity contribution in [2.24, 2.45) is 11.1 Å². The van der Waals surface area contributed by atoms with Gasteiger partial charge in [-0.05, 0) is 6.92 Å². The van der Waals surface area contributed by atoms with Crippen molar-refractivity contribution in [3.63, 3.8) is 0 Å². The van der Waals surface area contributed by atoms with E-state index in [9.17, 15) is 9.59 Å². The number of nitrogens with two attached hydrogens (primary N) is 1. The van der Waals surface area contributed by atoms with Crippen molar-refractivity contribution in [3.05, 3.63) is 0 Å². The Morgan fingerprint density at radius 2 is 2.06 bits per heavy atom. The van der Waals surface area contributed by atoms with Gasteiger partial charge in [0.15, 0.2) is 0 Å². The molecule has 6 nitrogen and oxygen atoms in total. The Hall–Kier alpha value is -1.14. The van der Waals surface area contributed by atoms with E-state index in [4.69, 9.17) is 5.73 Å². The first-order valence-electron chi connectivity index (χ1n) is 6.54. The lowest BCUT2D eigenvalue weighted by molar-refractivity contribution is -0.143. The van der Waals surface area contributed by atoms with Gasteiger partial charge in [-0.1, -0.05) is 0 Å². The molecule has 2 amide bonds. The van der Waals surface area contributed by atoms with Crippen LogP contribution in [0.15, 0.2) is 0 Å². The predicted octanol–water partition coefficient (Wildman–Crippen LogP) is -1.38. The Labute approximate surface area is 107 Å². The van der Waals surface area contributed by atoms with Crippen LogP contribution in [0.5, 0.6) is 0 Å². The topological polar surface area (TPSA) is 78.7 Å². The third-order valence-electron chi connectivity index (χ3n) is 3.85. The lowest BCUT2D eigenvalue weighted by Crippen LogP contribution is -2.53.